The van der Waals surface area contributed by atoms with E-state index in [-0.39, 0.29) is 5.75 Å². The van der Waals surface area contributed by atoms with Gasteiger partial charge in [-0.2, -0.15) is 0 Å². The Labute approximate surface area is 115 Å². The van der Waals surface area contributed by atoms with Gasteiger partial charge >= 0.3 is 0 Å². The molecule has 7 heteroatoms. The van der Waals surface area contributed by atoms with Gasteiger partial charge in [0.2, 0.25) is 16.0 Å². The lowest BCUT2D eigenvalue weighted by Gasteiger charge is -2.15. The SMILES string of the molecule is CCS(=O)(=O)N(C)CCCNc1nc(C)cc(C)n1. The summed E-state index contributed by atoms with van der Waals surface area (Å²) >= 11 is 0. The molecule has 0 bridgehead atoms. The zero-order chi connectivity index (χ0) is 14.5. The summed E-state index contributed by atoms with van der Waals surface area (Å²) in [4.78, 5) is 8.52. The van der Waals surface area contributed by atoms with E-state index in [2.05, 4.69) is 15.3 Å². The first-order valence-corrected chi connectivity index (χ1v) is 7.96. The molecule has 108 valence electrons. The van der Waals surface area contributed by atoms with Crippen LogP contribution in [0.3, 0.4) is 0 Å². The van der Waals surface area contributed by atoms with Crippen molar-refractivity contribution < 1.29 is 8.42 Å². The molecule has 1 heterocycles. The van der Waals surface area contributed by atoms with Gasteiger partial charge in [0.05, 0.1) is 5.75 Å². The van der Waals surface area contributed by atoms with Gasteiger partial charge < -0.3 is 5.32 Å². The van der Waals surface area contributed by atoms with Crippen molar-refractivity contribution in [2.24, 2.45) is 0 Å². The van der Waals surface area contributed by atoms with Crippen LogP contribution >= 0.6 is 0 Å². The molecule has 1 rings (SSSR count). The van der Waals surface area contributed by atoms with Crippen LogP contribution in [0.5, 0.6) is 0 Å². The molecule has 0 radical (unpaired) electrons. The van der Waals surface area contributed by atoms with Crippen molar-refractivity contribution in [3.8, 4) is 0 Å². The van der Waals surface area contributed by atoms with Crippen LogP contribution in [0.1, 0.15) is 24.7 Å². The Morgan fingerprint density at radius 1 is 1.26 bits per heavy atom. The molecule has 0 spiro atoms. The molecule has 6 nitrogen and oxygen atoms in total. The van der Waals surface area contributed by atoms with Crippen molar-refractivity contribution in [3.05, 3.63) is 17.5 Å². The number of hydrogen-bond donors (Lipinski definition) is 1. The van der Waals surface area contributed by atoms with Crippen molar-refractivity contribution in [3.63, 3.8) is 0 Å². The second kappa shape index (κ2) is 6.81. The van der Waals surface area contributed by atoms with Crippen molar-refractivity contribution in [2.45, 2.75) is 27.2 Å². The highest BCUT2D eigenvalue weighted by Gasteiger charge is 2.13. The average molecular weight is 286 g/mol. The molecule has 0 aliphatic carbocycles. The molecular weight excluding hydrogens is 264 g/mol. The van der Waals surface area contributed by atoms with Crippen molar-refractivity contribution in [1.29, 1.82) is 0 Å². The van der Waals surface area contributed by atoms with Gasteiger partial charge in [-0.15, -0.1) is 0 Å². The Kier molecular flexibility index (Phi) is 5.68. The minimum Gasteiger partial charge on any atom is -0.354 e. The Hall–Kier alpha value is -1.21. The van der Waals surface area contributed by atoms with E-state index in [0.717, 1.165) is 11.4 Å². The van der Waals surface area contributed by atoms with E-state index in [1.165, 1.54) is 4.31 Å². The first kappa shape index (κ1) is 15.8. The topological polar surface area (TPSA) is 75.2 Å². The highest BCUT2D eigenvalue weighted by atomic mass is 32.2. The predicted octanol–water partition coefficient (Wildman–Crippen LogP) is 1.18. The van der Waals surface area contributed by atoms with E-state index in [1.807, 2.05) is 19.9 Å². The van der Waals surface area contributed by atoms with Gasteiger partial charge in [-0.1, -0.05) is 0 Å². The van der Waals surface area contributed by atoms with Crippen molar-refractivity contribution in [2.75, 3.05) is 31.2 Å². The van der Waals surface area contributed by atoms with Gasteiger partial charge in [-0.3, -0.25) is 0 Å². The summed E-state index contributed by atoms with van der Waals surface area (Å²) in [7, 11) is -1.48. The lowest BCUT2D eigenvalue weighted by atomic mass is 10.3. The van der Waals surface area contributed by atoms with Crippen LogP contribution in [0.4, 0.5) is 5.95 Å². The van der Waals surface area contributed by atoms with Crippen LogP contribution in [0.25, 0.3) is 0 Å². The molecule has 1 aromatic rings. The molecule has 0 amide bonds. The van der Waals surface area contributed by atoms with E-state index in [0.29, 0.717) is 25.5 Å². The maximum Gasteiger partial charge on any atom is 0.223 e. The Balaban J connectivity index is 2.39. The number of hydrogen-bond acceptors (Lipinski definition) is 5. The maximum atomic E-state index is 11.5. The standard InChI is InChI=1S/C12H22N4O2S/c1-5-19(17,18)16(4)8-6-7-13-12-14-10(2)9-11(3)15-12/h9H,5-8H2,1-4H3,(H,13,14,15). The lowest BCUT2D eigenvalue weighted by Crippen LogP contribution is -2.30. The van der Waals surface area contributed by atoms with Crippen LogP contribution in [0.2, 0.25) is 0 Å². The molecule has 0 saturated carbocycles. The van der Waals surface area contributed by atoms with E-state index < -0.39 is 10.0 Å². The second-order valence-electron chi connectivity index (χ2n) is 4.48. The van der Waals surface area contributed by atoms with Gasteiger partial charge in [0.1, 0.15) is 0 Å². The van der Waals surface area contributed by atoms with Gasteiger partial charge in [0.25, 0.3) is 0 Å². The number of aromatic nitrogens is 2. The number of nitrogens with one attached hydrogen (secondary N) is 1. The van der Waals surface area contributed by atoms with E-state index in [9.17, 15) is 8.42 Å². The number of sulfonamides is 1. The van der Waals surface area contributed by atoms with Gasteiger partial charge in [0.15, 0.2) is 0 Å². The Morgan fingerprint density at radius 3 is 2.37 bits per heavy atom. The molecule has 0 saturated heterocycles. The molecule has 0 aliphatic heterocycles. The molecule has 0 unspecified atom stereocenters. The molecular formula is C12H22N4O2S. The molecule has 0 atom stereocenters. The quantitative estimate of drug-likeness (QED) is 0.762. The van der Waals surface area contributed by atoms with Crippen molar-refractivity contribution >= 4 is 16.0 Å². The fraction of sp³-hybridized carbons (Fsp3) is 0.667. The Morgan fingerprint density at radius 2 is 1.84 bits per heavy atom. The smallest absolute Gasteiger partial charge is 0.223 e. The highest BCUT2D eigenvalue weighted by molar-refractivity contribution is 7.89. The normalized spacial score (nSPS) is 11.8. The van der Waals surface area contributed by atoms with Crippen molar-refractivity contribution in [1.82, 2.24) is 14.3 Å². The minimum absolute atomic E-state index is 0.136. The molecule has 0 aromatic carbocycles. The fourth-order valence-electron chi connectivity index (χ4n) is 1.67. The third-order valence-corrected chi connectivity index (χ3v) is 4.62. The van der Waals surface area contributed by atoms with Crippen LogP contribution in [-0.4, -0.2) is 48.6 Å². The van der Waals surface area contributed by atoms with Gasteiger partial charge in [-0.25, -0.2) is 22.7 Å². The largest absolute Gasteiger partial charge is 0.354 e. The van der Waals surface area contributed by atoms with Crippen LogP contribution < -0.4 is 5.32 Å². The molecule has 1 N–H and O–H groups in total. The van der Waals surface area contributed by atoms with Gasteiger partial charge in [-0.05, 0) is 33.3 Å². The summed E-state index contributed by atoms with van der Waals surface area (Å²) < 4.78 is 24.5. The number of nitrogens with zero attached hydrogens (tertiary/aromatic N) is 3. The molecule has 0 fully saturated rings. The number of aryl methyl sites for hydroxylation is 2. The summed E-state index contributed by atoms with van der Waals surface area (Å²) in [5.41, 5.74) is 1.83. The molecule has 0 aliphatic rings. The summed E-state index contributed by atoms with van der Waals surface area (Å²) in [6, 6.07) is 1.91. The fourth-order valence-corrected chi connectivity index (χ4v) is 2.51. The minimum atomic E-state index is -3.08. The van der Waals surface area contributed by atoms with Crippen LogP contribution in [0, 0.1) is 13.8 Å². The zero-order valence-electron chi connectivity index (χ0n) is 12.0. The first-order chi connectivity index (χ1) is 8.85. The average Bonchev–Trinajstić information content (AvgIpc) is 2.33. The monoisotopic (exact) mass is 286 g/mol. The summed E-state index contributed by atoms with van der Waals surface area (Å²) in [6.07, 6.45) is 0.714. The third kappa shape index (κ3) is 5.12. The molecule has 19 heavy (non-hydrogen) atoms. The maximum absolute atomic E-state index is 11.5. The van der Waals surface area contributed by atoms with E-state index in [1.54, 1.807) is 14.0 Å². The lowest BCUT2D eigenvalue weighted by molar-refractivity contribution is 0.466. The second-order valence-corrected chi connectivity index (χ2v) is 6.84. The van der Waals surface area contributed by atoms with E-state index in [4.69, 9.17) is 0 Å². The van der Waals surface area contributed by atoms with E-state index >= 15 is 0 Å². The summed E-state index contributed by atoms with van der Waals surface area (Å²) in [5.74, 6) is 0.732. The zero-order valence-corrected chi connectivity index (χ0v) is 12.8. The summed E-state index contributed by atoms with van der Waals surface area (Å²) in [5, 5.41) is 3.11. The highest BCUT2D eigenvalue weighted by Crippen LogP contribution is 2.04. The first-order valence-electron chi connectivity index (χ1n) is 6.35. The molecule has 1 aromatic heterocycles. The van der Waals surface area contributed by atoms with Gasteiger partial charge in [0, 0.05) is 31.5 Å². The number of rotatable bonds is 7. The Bertz CT molecular complexity index is 496. The van der Waals surface area contributed by atoms with Crippen LogP contribution in [0.15, 0.2) is 6.07 Å². The number of anilines is 1. The predicted molar refractivity (Wildman–Crippen MR) is 76.7 cm³/mol. The van der Waals surface area contributed by atoms with Crippen LogP contribution in [-0.2, 0) is 10.0 Å². The third-order valence-electron chi connectivity index (χ3n) is 2.75. The summed E-state index contributed by atoms with van der Waals surface area (Å²) in [6.45, 7) is 6.62.